The Labute approximate surface area is 110 Å². The smallest absolute Gasteiger partial charge is 0.109 e. The first-order valence-corrected chi connectivity index (χ1v) is 7.10. The highest BCUT2D eigenvalue weighted by Gasteiger charge is 2.20. The highest BCUT2D eigenvalue weighted by molar-refractivity contribution is 4.92. The largest absolute Gasteiger partial charge is 0.338 e. The van der Waals surface area contributed by atoms with Crippen LogP contribution in [0.15, 0.2) is 12.4 Å². The number of nitrogens with one attached hydrogen (secondary N) is 1. The van der Waals surface area contributed by atoms with Gasteiger partial charge in [-0.05, 0) is 39.8 Å². The van der Waals surface area contributed by atoms with Crippen molar-refractivity contribution in [1.82, 2.24) is 19.8 Å². The van der Waals surface area contributed by atoms with Gasteiger partial charge in [-0.25, -0.2) is 4.98 Å². The second kappa shape index (κ2) is 6.34. The van der Waals surface area contributed by atoms with Crippen LogP contribution in [0.4, 0.5) is 0 Å². The van der Waals surface area contributed by atoms with Crippen molar-refractivity contribution in [2.75, 3.05) is 19.6 Å². The molecule has 18 heavy (non-hydrogen) atoms. The summed E-state index contributed by atoms with van der Waals surface area (Å²) in [4.78, 5) is 6.91. The monoisotopic (exact) mass is 250 g/mol. The Hall–Kier alpha value is -0.870. The van der Waals surface area contributed by atoms with Crippen molar-refractivity contribution in [3.05, 3.63) is 18.2 Å². The molecule has 1 N–H and O–H groups in total. The minimum atomic E-state index is 0.693. The lowest BCUT2D eigenvalue weighted by atomic mass is 10.0. The van der Waals surface area contributed by atoms with Gasteiger partial charge < -0.3 is 14.8 Å². The van der Waals surface area contributed by atoms with Crippen LogP contribution in [0.25, 0.3) is 0 Å². The maximum Gasteiger partial charge on any atom is 0.109 e. The first-order valence-electron chi connectivity index (χ1n) is 7.10. The number of imidazole rings is 1. The Morgan fingerprint density at radius 3 is 2.67 bits per heavy atom. The fourth-order valence-corrected chi connectivity index (χ4v) is 2.65. The van der Waals surface area contributed by atoms with E-state index in [2.05, 4.69) is 40.7 Å². The molecule has 0 bridgehead atoms. The van der Waals surface area contributed by atoms with Crippen LogP contribution in [0, 0.1) is 0 Å². The lowest BCUT2D eigenvalue weighted by molar-refractivity contribution is 0.161. The van der Waals surface area contributed by atoms with E-state index < -0.39 is 0 Å². The van der Waals surface area contributed by atoms with E-state index in [4.69, 9.17) is 0 Å². The van der Waals surface area contributed by atoms with Gasteiger partial charge >= 0.3 is 0 Å². The SMILES string of the molecule is CC(C)N1CCC(NCCc2nccn2C)CC1. The van der Waals surface area contributed by atoms with Crippen LogP contribution in [-0.2, 0) is 13.5 Å². The van der Waals surface area contributed by atoms with E-state index in [1.807, 2.05) is 12.4 Å². The third-order valence-electron chi connectivity index (χ3n) is 3.96. The maximum absolute atomic E-state index is 4.35. The Bertz CT molecular complexity index is 350. The highest BCUT2D eigenvalue weighted by Crippen LogP contribution is 2.12. The Kier molecular flexibility index (Phi) is 4.78. The Morgan fingerprint density at radius 1 is 1.39 bits per heavy atom. The van der Waals surface area contributed by atoms with Crippen molar-refractivity contribution in [3.8, 4) is 0 Å². The molecule has 2 rings (SSSR count). The average molecular weight is 250 g/mol. The van der Waals surface area contributed by atoms with E-state index in [0.717, 1.165) is 13.0 Å². The molecule has 2 heterocycles. The molecular formula is C14H26N4. The molecule has 4 heteroatoms. The molecule has 1 aromatic rings. The predicted octanol–water partition coefficient (Wildman–Crippen LogP) is 1.42. The summed E-state index contributed by atoms with van der Waals surface area (Å²) in [5.41, 5.74) is 0. The highest BCUT2D eigenvalue weighted by atomic mass is 15.2. The molecule has 1 aromatic heterocycles. The van der Waals surface area contributed by atoms with Crippen molar-refractivity contribution in [2.24, 2.45) is 7.05 Å². The van der Waals surface area contributed by atoms with Crippen LogP contribution < -0.4 is 5.32 Å². The minimum Gasteiger partial charge on any atom is -0.338 e. The van der Waals surface area contributed by atoms with Gasteiger partial charge in [0.15, 0.2) is 0 Å². The number of hydrogen-bond donors (Lipinski definition) is 1. The molecule has 0 unspecified atom stereocenters. The summed E-state index contributed by atoms with van der Waals surface area (Å²) in [6.45, 7) is 8.08. The Balaban J connectivity index is 1.65. The van der Waals surface area contributed by atoms with E-state index in [1.54, 1.807) is 0 Å². The van der Waals surface area contributed by atoms with Crippen LogP contribution in [0.2, 0.25) is 0 Å². The van der Waals surface area contributed by atoms with Crippen LogP contribution >= 0.6 is 0 Å². The van der Waals surface area contributed by atoms with Crippen molar-refractivity contribution < 1.29 is 0 Å². The summed E-state index contributed by atoms with van der Waals surface area (Å²) < 4.78 is 2.10. The zero-order chi connectivity index (χ0) is 13.0. The van der Waals surface area contributed by atoms with Gasteiger partial charge in [0.05, 0.1) is 0 Å². The summed E-state index contributed by atoms with van der Waals surface area (Å²) in [5, 5.41) is 3.67. The molecule has 1 fully saturated rings. The summed E-state index contributed by atoms with van der Waals surface area (Å²) in [6.07, 6.45) is 7.46. The first kappa shape index (κ1) is 13.6. The fraction of sp³-hybridized carbons (Fsp3) is 0.786. The van der Waals surface area contributed by atoms with E-state index in [-0.39, 0.29) is 0 Å². The third kappa shape index (κ3) is 3.56. The molecule has 0 aliphatic carbocycles. The molecule has 1 saturated heterocycles. The second-order valence-electron chi connectivity index (χ2n) is 5.56. The van der Waals surface area contributed by atoms with Crippen LogP contribution in [0.5, 0.6) is 0 Å². The summed E-state index contributed by atoms with van der Waals surface area (Å²) in [5.74, 6) is 1.17. The lowest BCUT2D eigenvalue weighted by Gasteiger charge is -2.35. The van der Waals surface area contributed by atoms with Crippen LogP contribution in [-0.4, -0.2) is 46.2 Å². The van der Waals surface area contributed by atoms with Gasteiger partial charge in [0, 0.05) is 44.5 Å². The van der Waals surface area contributed by atoms with Crippen molar-refractivity contribution in [1.29, 1.82) is 0 Å². The molecule has 1 aliphatic rings. The number of aromatic nitrogens is 2. The quantitative estimate of drug-likeness (QED) is 0.858. The third-order valence-corrected chi connectivity index (χ3v) is 3.96. The average Bonchev–Trinajstić information content (AvgIpc) is 2.76. The van der Waals surface area contributed by atoms with Crippen molar-refractivity contribution in [2.45, 2.75) is 45.2 Å². The molecule has 4 nitrogen and oxygen atoms in total. The molecule has 0 spiro atoms. The van der Waals surface area contributed by atoms with Gasteiger partial charge in [-0.2, -0.15) is 0 Å². The van der Waals surface area contributed by atoms with Gasteiger partial charge in [0.1, 0.15) is 5.82 Å². The van der Waals surface area contributed by atoms with E-state index >= 15 is 0 Å². The first-order chi connectivity index (χ1) is 8.66. The van der Waals surface area contributed by atoms with Gasteiger partial charge in [-0.1, -0.05) is 0 Å². The number of piperidine rings is 1. The summed E-state index contributed by atoms with van der Waals surface area (Å²) in [7, 11) is 2.06. The lowest BCUT2D eigenvalue weighted by Crippen LogP contribution is -2.45. The van der Waals surface area contributed by atoms with E-state index in [1.165, 1.54) is 31.8 Å². The number of hydrogen-bond acceptors (Lipinski definition) is 3. The number of aryl methyl sites for hydroxylation is 1. The molecular weight excluding hydrogens is 224 g/mol. The number of likely N-dealkylation sites (tertiary alicyclic amines) is 1. The van der Waals surface area contributed by atoms with Crippen molar-refractivity contribution in [3.63, 3.8) is 0 Å². The molecule has 102 valence electrons. The van der Waals surface area contributed by atoms with Gasteiger partial charge in [0.25, 0.3) is 0 Å². The normalized spacial score (nSPS) is 18.7. The fourth-order valence-electron chi connectivity index (χ4n) is 2.65. The predicted molar refractivity (Wildman–Crippen MR) is 74.6 cm³/mol. The van der Waals surface area contributed by atoms with Gasteiger partial charge in [-0.15, -0.1) is 0 Å². The molecule has 0 atom stereocenters. The number of rotatable bonds is 5. The summed E-state index contributed by atoms with van der Waals surface area (Å²) >= 11 is 0. The standard InChI is InChI=1S/C14H26N4/c1-12(2)18-9-5-13(6-10-18)15-7-4-14-16-8-11-17(14)3/h8,11-13,15H,4-7,9-10H2,1-3H3. The zero-order valence-corrected chi connectivity index (χ0v) is 11.9. The Morgan fingerprint density at radius 2 is 2.11 bits per heavy atom. The van der Waals surface area contributed by atoms with E-state index in [0.29, 0.717) is 12.1 Å². The molecule has 0 amide bonds. The summed E-state index contributed by atoms with van der Waals surface area (Å²) in [6, 6.07) is 1.39. The topological polar surface area (TPSA) is 33.1 Å². The molecule has 0 saturated carbocycles. The van der Waals surface area contributed by atoms with Gasteiger partial charge in [-0.3, -0.25) is 0 Å². The van der Waals surface area contributed by atoms with Crippen LogP contribution in [0.1, 0.15) is 32.5 Å². The zero-order valence-electron chi connectivity index (χ0n) is 11.9. The van der Waals surface area contributed by atoms with Crippen LogP contribution in [0.3, 0.4) is 0 Å². The molecule has 1 aliphatic heterocycles. The van der Waals surface area contributed by atoms with Crippen molar-refractivity contribution >= 4 is 0 Å². The molecule has 0 aromatic carbocycles. The second-order valence-corrected chi connectivity index (χ2v) is 5.56. The van der Waals surface area contributed by atoms with E-state index in [9.17, 15) is 0 Å². The van der Waals surface area contributed by atoms with Gasteiger partial charge in [0.2, 0.25) is 0 Å². The minimum absolute atomic E-state index is 0.693. The number of nitrogens with zero attached hydrogens (tertiary/aromatic N) is 3. The molecule has 0 radical (unpaired) electrons. The maximum atomic E-state index is 4.35.